The van der Waals surface area contributed by atoms with Crippen molar-refractivity contribution in [2.24, 2.45) is 0 Å². The van der Waals surface area contributed by atoms with Gasteiger partial charge in [0.1, 0.15) is 23.7 Å². The maximum absolute atomic E-state index is 10.7. The number of ether oxygens (including phenoxy) is 4. The summed E-state index contributed by atoms with van der Waals surface area (Å²) in [6.45, 7) is 5.46. The molecule has 2 aromatic carbocycles. The van der Waals surface area contributed by atoms with Crippen molar-refractivity contribution in [1.29, 1.82) is 0 Å². The van der Waals surface area contributed by atoms with Gasteiger partial charge in [0.2, 0.25) is 5.75 Å². The first kappa shape index (κ1) is 20.5. The summed E-state index contributed by atoms with van der Waals surface area (Å²) in [5.41, 5.74) is 1.44. The molecule has 2 N–H and O–H groups in total. The molecule has 0 aromatic heterocycles. The first-order chi connectivity index (χ1) is 12.9. The Balaban J connectivity index is 2.32. The molecule has 0 aliphatic rings. The van der Waals surface area contributed by atoms with Crippen molar-refractivity contribution in [3.8, 4) is 28.7 Å². The van der Waals surface area contributed by atoms with Crippen LogP contribution in [-0.4, -0.2) is 37.6 Å². The van der Waals surface area contributed by atoms with Crippen molar-refractivity contribution >= 4 is 0 Å². The number of hydrogen-bond donors (Lipinski definition) is 2. The predicted molar refractivity (Wildman–Crippen MR) is 103 cm³/mol. The number of aromatic hydroxyl groups is 1. The summed E-state index contributed by atoms with van der Waals surface area (Å²) >= 11 is 0. The molecule has 0 radical (unpaired) electrons. The molecule has 0 saturated heterocycles. The Hall–Kier alpha value is -2.86. The molecular formula is C21H26O6. The van der Waals surface area contributed by atoms with Crippen molar-refractivity contribution in [3.05, 3.63) is 54.1 Å². The zero-order valence-corrected chi connectivity index (χ0v) is 16.1. The van der Waals surface area contributed by atoms with Gasteiger partial charge in [-0.25, -0.2) is 0 Å². The van der Waals surface area contributed by atoms with Crippen LogP contribution in [0.1, 0.15) is 24.2 Å². The molecule has 0 saturated carbocycles. The van der Waals surface area contributed by atoms with Gasteiger partial charge in [0.05, 0.1) is 21.3 Å². The van der Waals surface area contributed by atoms with E-state index in [1.165, 1.54) is 19.2 Å². The zero-order chi connectivity index (χ0) is 20.0. The van der Waals surface area contributed by atoms with Crippen LogP contribution in [0.4, 0.5) is 0 Å². The lowest BCUT2D eigenvalue weighted by Crippen LogP contribution is -2.22. The Morgan fingerprint density at radius 2 is 1.63 bits per heavy atom. The van der Waals surface area contributed by atoms with Gasteiger partial charge in [0.15, 0.2) is 11.5 Å². The van der Waals surface area contributed by atoms with Gasteiger partial charge >= 0.3 is 0 Å². The number of phenolic OH excluding ortho intramolecular Hbond substituents is 1. The molecule has 0 spiro atoms. The summed E-state index contributed by atoms with van der Waals surface area (Å²) < 4.78 is 22.0. The molecule has 0 bridgehead atoms. The highest BCUT2D eigenvalue weighted by atomic mass is 16.5. The largest absolute Gasteiger partial charge is 0.508 e. The van der Waals surface area contributed by atoms with E-state index < -0.39 is 12.2 Å². The lowest BCUT2D eigenvalue weighted by atomic mass is 10.0. The van der Waals surface area contributed by atoms with E-state index in [1.54, 1.807) is 33.3 Å². The van der Waals surface area contributed by atoms with E-state index >= 15 is 0 Å². The van der Waals surface area contributed by atoms with E-state index in [-0.39, 0.29) is 5.75 Å². The van der Waals surface area contributed by atoms with Crippen molar-refractivity contribution in [1.82, 2.24) is 0 Å². The van der Waals surface area contributed by atoms with Crippen molar-refractivity contribution in [2.75, 3.05) is 21.3 Å². The number of allylic oxidation sites excluding steroid dienone is 1. The molecule has 2 aromatic rings. The molecule has 0 aliphatic heterocycles. The fourth-order valence-electron chi connectivity index (χ4n) is 2.75. The molecular weight excluding hydrogens is 348 g/mol. The van der Waals surface area contributed by atoms with Gasteiger partial charge in [-0.2, -0.15) is 0 Å². The van der Waals surface area contributed by atoms with Crippen LogP contribution in [0, 0.1) is 0 Å². The van der Waals surface area contributed by atoms with Gasteiger partial charge in [-0.3, -0.25) is 0 Å². The number of phenols is 1. The van der Waals surface area contributed by atoms with Gasteiger partial charge in [-0.1, -0.05) is 6.08 Å². The van der Waals surface area contributed by atoms with E-state index in [1.807, 2.05) is 12.1 Å². The maximum Gasteiger partial charge on any atom is 0.203 e. The average molecular weight is 374 g/mol. The topological polar surface area (TPSA) is 77.4 Å². The second-order valence-electron chi connectivity index (χ2n) is 6.05. The minimum atomic E-state index is -1.01. The van der Waals surface area contributed by atoms with Gasteiger partial charge in [0.25, 0.3) is 0 Å². The summed E-state index contributed by atoms with van der Waals surface area (Å²) in [6, 6.07) is 8.26. The van der Waals surface area contributed by atoms with Crippen LogP contribution >= 0.6 is 0 Å². The zero-order valence-electron chi connectivity index (χ0n) is 16.1. The minimum Gasteiger partial charge on any atom is -0.508 e. The summed E-state index contributed by atoms with van der Waals surface area (Å²) in [6.07, 6.45) is 0.794. The second kappa shape index (κ2) is 9.19. The molecule has 6 nitrogen and oxygen atoms in total. The third-order valence-corrected chi connectivity index (χ3v) is 4.14. The third-order valence-electron chi connectivity index (χ3n) is 4.14. The quantitative estimate of drug-likeness (QED) is 0.653. The summed E-state index contributed by atoms with van der Waals surface area (Å²) in [4.78, 5) is 0. The average Bonchev–Trinajstić information content (AvgIpc) is 2.67. The highest BCUT2D eigenvalue weighted by Gasteiger charge is 2.23. The van der Waals surface area contributed by atoms with Crippen molar-refractivity contribution in [2.45, 2.75) is 25.6 Å². The minimum absolute atomic E-state index is 0.000427. The Labute approximate surface area is 159 Å². The number of rotatable bonds is 9. The standard InChI is InChI=1S/C21H26O6/c1-6-7-14-8-18(25-4)21(19(9-14)26-5)27-13(2)20(23)15-10-16(22)12-17(11-15)24-3/h6,8-13,20,22-23H,1,7H2,2-5H3/t13-,20-/m1/s1. The van der Waals surface area contributed by atoms with Crippen LogP contribution in [0.25, 0.3) is 0 Å². The van der Waals surface area contributed by atoms with Crippen LogP contribution in [0.15, 0.2) is 43.0 Å². The molecule has 6 heteroatoms. The van der Waals surface area contributed by atoms with Gasteiger partial charge in [-0.05, 0) is 48.7 Å². The van der Waals surface area contributed by atoms with Gasteiger partial charge in [0, 0.05) is 6.07 Å². The van der Waals surface area contributed by atoms with Gasteiger partial charge in [-0.15, -0.1) is 6.58 Å². The number of methoxy groups -OCH3 is 3. The third kappa shape index (κ3) is 4.86. The highest BCUT2D eigenvalue weighted by Crippen LogP contribution is 2.40. The normalized spacial score (nSPS) is 12.8. The van der Waals surface area contributed by atoms with Crippen molar-refractivity contribution in [3.63, 3.8) is 0 Å². The van der Waals surface area contributed by atoms with E-state index in [0.29, 0.717) is 35.0 Å². The number of aliphatic hydroxyl groups excluding tert-OH is 1. The molecule has 0 amide bonds. The Morgan fingerprint density at radius 1 is 1.00 bits per heavy atom. The van der Waals surface area contributed by atoms with E-state index in [2.05, 4.69) is 6.58 Å². The lowest BCUT2D eigenvalue weighted by molar-refractivity contribution is 0.0432. The fraction of sp³-hybridized carbons (Fsp3) is 0.333. The maximum atomic E-state index is 10.7. The van der Waals surface area contributed by atoms with Crippen LogP contribution in [0.3, 0.4) is 0 Å². The SMILES string of the molecule is C=CCc1cc(OC)c(O[C@H](C)[C@@H](O)c2cc(O)cc(OC)c2)c(OC)c1. The second-order valence-corrected chi connectivity index (χ2v) is 6.05. The smallest absolute Gasteiger partial charge is 0.203 e. The number of hydrogen-bond acceptors (Lipinski definition) is 6. The fourth-order valence-corrected chi connectivity index (χ4v) is 2.75. The van der Waals surface area contributed by atoms with Crippen LogP contribution in [0.2, 0.25) is 0 Å². The monoisotopic (exact) mass is 374 g/mol. The number of aliphatic hydroxyl groups is 1. The Bertz CT molecular complexity index is 761. The van der Waals surface area contributed by atoms with Crippen molar-refractivity contribution < 1.29 is 29.2 Å². The molecule has 0 aliphatic carbocycles. The highest BCUT2D eigenvalue weighted by molar-refractivity contribution is 5.54. The van der Waals surface area contributed by atoms with Gasteiger partial charge < -0.3 is 29.2 Å². The molecule has 146 valence electrons. The Kier molecular flexibility index (Phi) is 6.96. The van der Waals surface area contributed by atoms with Crippen LogP contribution < -0.4 is 18.9 Å². The molecule has 0 unspecified atom stereocenters. The molecule has 0 heterocycles. The van der Waals surface area contributed by atoms with E-state index in [0.717, 1.165) is 5.56 Å². The number of benzene rings is 2. The summed E-state index contributed by atoms with van der Waals surface area (Å²) in [5.74, 6) is 1.84. The molecule has 27 heavy (non-hydrogen) atoms. The first-order valence-corrected chi connectivity index (χ1v) is 8.51. The molecule has 2 rings (SSSR count). The molecule has 2 atom stereocenters. The van der Waals surface area contributed by atoms with E-state index in [9.17, 15) is 10.2 Å². The summed E-state index contributed by atoms with van der Waals surface area (Å²) in [5, 5.41) is 20.5. The summed E-state index contributed by atoms with van der Waals surface area (Å²) in [7, 11) is 4.58. The predicted octanol–water partition coefficient (Wildman–Crippen LogP) is 3.65. The van der Waals surface area contributed by atoms with E-state index in [4.69, 9.17) is 18.9 Å². The van der Waals surface area contributed by atoms with Crippen LogP contribution in [-0.2, 0) is 6.42 Å². The molecule has 0 fully saturated rings. The lowest BCUT2D eigenvalue weighted by Gasteiger charge is -2.24. The first-order valence-electron chi connectivity index (χ1n) is 8.51. The Morgan fingerprint density at radius 3 is 2.15 bits per heavy atom. The van der Waals surface area contributed by atoms with Crippen LogP contribution in [0.5, 0.6) is 28.7 Å².